The smallest absolute Gasteiger partial charge is 0.162 e. The Morgan fingerprint density at radius 1 is 0.842 bits per heavy atom. The lowest BCUT2D eigenvalue weighted by Crippen LogP contribution is -1.98. The van der Waals surface area contributed by atoms with Gasteiger partial charge in [0.05, 0.1) is 5.69 Å². The standard InChI is InChI=1S/C15H12N4/c16-14-9-13(12-7-4-8-17-10-12)18-15(19-14)11-5-2-1-3-6-11/h1-10H,(H2,16,18,19). The molecule has 3 rings (SSSR count). The number of benzene rings is 1. The molecule has 92 valence electrons. The van der Waals surface area contributed by atoms with Gasteiger partial charge in [-0.2, -0.15) is 0 Å². The quantitative estimate of drug-likeness (QED) is 0.757. The Morgan fingerprint density at radius 2 is 1.63 bits per heavy atom. The molecule has 2 N–H and O–H groups in total. The third-order valence-corrected chi connectivity index (χ3v) is 2.74. The fourth-order valence-electron chi connectivity index (χ4n) is 1.84. The Bertz CT molecular complexity index is 623. The maximum Gasteiger partial charge on any atom is 0.162 e. The summed E-state index contributed by atoms with van der Waals surface area (Å²) in [7, 11) is 0. The fraction of sp³-hybridized carbons (Fsp3) is 0. The third kappa shape index (κ3) is 2.42. The molecule has 3 aromatic rings. The Morgan fingerprint density at radius 3 is 2.37 bits per heavy atom. The van der Waals surface area contributed by atoms with E-state index in [-0.39, 0.29) is 0 Å². The lowest BCUT2D eigenvalue weighted by Gasteiger charge is -2.05. The number of anilines is 1. The molecule has 0 bridgehead atoms. The molecule has 4 nitrogen and oxygen atoms in total. The van der Waals surface area contributed by atoms with E-state index in [0.717, 1.165) is 16.8 Å². The summed E-state index contributed by atoms with van der Waals surface area (Å²) in [5, 5.41) is 0. The van der Waals surface area contributed by atoms with Gasteiger partial charge in [-0.3, -0.25) is 4.98 Å². The van der Waals surface area contributed by atoms with E-state index < -0.39 is 0 Å². The largest absolute Gasteiger partial charge is 0.384 e. The van der Waals surface area contributed by atoms with Gasteiger partial charge in [0.2, 0.25) is 0 Å². The number of pyridine rings is 1. The Labute approximate surface area is 111 Å². The molecule has 0 saturated heterocycles. The van der Waals surface area contributed by atoms with Crippen LogP contribution in [-0.4, -0.2) is 15.0 Å². The average Bonchev–Trinajstić information content (AvgIpc) is 2.48. The van der Waals surface area contributed by atoms with Crippen LogP contribution in [0.25, 0.3) is 22.6 Å². The predicted octanol–water partition coefficient (Wildman–Crippen LogP) is 2.79. The van der Waals surface area contributed by atoms with Gasteiger partial charge in [-0.1, -0.05) is 30.3 Å². The highest BCUT2D eigenvalue weighted by Crippen LogP contribution is 2.22. The second kappa shape index (κ2) is 4.86. The van der Waals surface area contributed by atoms with Gasteiger partial charge < -0.3 is 5.73 Å². The van der Waals surface area contributed by atoms with Gasteiger partial charge >= 0.3 is 0 Å². The van der Waals surface area contributed by atoms with Crippen LogP contribution in [0.1, 0.15) is 0 Å². The van der Waals surface area contributed by atoms with Crippen LogP contribution >= 0.6 is 0 Å². The highest BCUT2D eigenvalue weighted by atomic mass is 14.9. The Kier molecular flexibility index (Phi) is 2.90. The summed E-state index contributed by atoms with van der Waals surface area (Å²) in [4.78, 5) is 12.9. The van der Waals surface area contributed by atoms with Gasteiger partial charge in [-0.15, -0.1) is 0 Å². The summed E-state index contributed by atoms with van der Waals surface area (Å²) >= 11 is 0. The van der Waals surface area contributed by atoms with Crippen molar-refractivity contribution in [1.29, 1.82) is 0 Å². The van der Waals surface area contributed by atoms with Gasteiger partial charge in [0.25, 0.3) is 0 Å². The van der Waals surface area contributed by atoms with Crippen molar-refractivity contribution >= 4 is 5.82 Å². The first-order valence-electron chi connectivity index (χ1n) is 5.93. The van der Waals surface area contributed by atoms with Gasteiger partial charge in [0.1, 0.15) is 5.82 Å². The lowest BCUT2D eigenvalue weighted by molar-refractivity contribution is 1.18. The monoisotopic (exact) mass is 248 g/mol. The number of rotatable bonds is 2. The van der Waals surface area contributed by atoms with Gasteiger partial charge in [0.15, 0.2) is 5.82 Å². The number of nitrogens with zero attached hydrogens (tertiary/aromatic N) is 3. The molecule has 0 saturated carbocycles. The van der Waals surface area contributed by atoms with E-state index in [2.05, 4.69) is 15.0 Å². The van der Waals surface area contributed by atoms with E-state index in [1.807, 2.05) is 42.5 Å². The summed E-state index contributed by atoms with van der Waals surface area (Å²) in [6.45, 7) is 0. The number of hydrogen-bond donors (Lipinski definition) is 1. The summed E-state index contributed by atoms with van der Waals surface area (Å²) in [5.74, 6) is 1.08. The van der Waals surface area contributed by atoms with E-state index >= 15 is 0 Å². The first-order valence-corrected chi connectivity index (χ1v) is 5.93. The van der Waals surface area contributed by atoms with E-state index in [0.29, 0.717) is 11.6 Å². The van der Waals surface area contributed by atoms with E-state index in [1.54, 1.807) is 18.5 Å². The van der Waals surface area contributed by atoms with Crippen LogP contribution in [0.4, 0.5) is 5.82 Å². The Hall–Kier alpha value is -2.75. The van der Waals surface area contributed by atoms with E-state index in [4.69, 9.17) is 5.73 Å². The zero-order valence-electron chi connectivity index (χ0n) is 10.2. The molecular formula is C15H12N4. The molecule has 1 aromatic carbocycles. The van der Waals surface area contributed by atoms with Crippen LogP contribution in [0.3, 0.4) is 0 Å². The number of aromatic nitrogens is 3. The molecule has 0 aliphatic heterocycles. The molecule has 2 aromatic heterocycles. The average molecular weight is 248 g/mol. The molecule has 4 heteroatoms. The normalized spacial score (nSPS) is 10.3. The van der Waals surface area contributed by atoms with Crippen LogP contribution in [0.15, 0.2) is 60.9 Å². The van der Waals surface area contributed by atoms with Crippen molar-refractivity contribution in [3.63, 3.8) is 0 Å². The van der Waals surface area contributed by atoms with Gasteiger partial charge in [-0.25, -0.2) is 9.97 Å². The van der Waals surface area contributed by atoms with Gasteiger partial charge in [-0.05, 0) is 12.1 Å². The Balaban J connectivity index is 2.12. The molecule has 19 heavy (non-hydrogen) atoms. The first-order chi connectivity index (χ1) is 9.33. The summed E-state index contributed by atoms with van der Waals surface area (Å²) in [6.07, 6.45) is 3.49. The molecule has 0 unspecified atom stereocenters. The number of nitrogen functional groups attached to an aromatic ring is 1. The maximum atomic E-state index is 5.86. The van der Waals surface area contributed by atoms with Crippen molar-refractivity contribution in [2.45, 2.75) is 0 Å². The third-order valence-electron chi connectivity index (χ3n) is 2.74. The number of nitrogens with two attached hydrogens (primary N) is 1. The minimum Gasteiger partial charge on any atom is -0.384 e. The molecule has 0 aliphatic carbocycles. The van der Waals surface area contributed by atoms with E-state index in [1.165, 1.54) is 0 Å². The zero-order valence-corrected chi connectivity index (χ0v) is 10.2. The molecule has 0 spiro atoms. The van der Waals surface area contributed by atoms with Crippen LogP contribution in [0.2, 0.25) is 0 Å². The van der Waals surface area contributed by atoms with Gasteiger partial charge in [0, 0.05) is 29.6 Å². The van der Waals surface area contributed by atoms with Crippen molar-refractivity contribution < 1.29 is 0 Å². The first kappa shape index (κ1) is 11.3. The summed E-state index contributed by atoms with van der Waals surface area (Å²) in [5.41, 5.74) is 8.51. The lowest BCUT2D eigenvalue weighted by atomic mass is 10.1. The predicted molar refractivity (Wildman–Crippen MR) is 75.1 cm³/mol. The second-order valence-electron chi connectivity index (χ2n) is 4.11. The fourth-order valence-corrected chi connectivity index (χ4v) is 1.84. The molecule has 0 atom stereocenters. The van der Waals surface area contributed by atoms with Crippen LogP contribution in [0.5, 0.6) is 0 Å². The molecule has 0 fully saturated rings. The molecule has 0 aliphatic rings. The van der Waals surface area contributed by atoms with Crippen molar-refractivity contribution in [3.05, 3.63) is 60.9 Å². The van der Waals surface area contributed by atoms with Crippen molar-refractivity contribution in [2.24, 2.45) is 0 Å². The zero-order chi connectivity index (χ0) is 13.1. The summed E-state index contributed by atoms with van der Waals surface area (Å²) in [6, 6.07) is 15.3. The minimum absolute atomic E-state index is 0.452. The minimum atomic E-state index is 0.452. The van der Waals surface area contributed by atoms with Crippen LogP contribution in [0, 0.1) is 0 Å². The molecule has 0 amide bonds. The number of hydrogen-bond acceptors (Lipinski definition) is 4. The highest BCUT2D eigenvalue weighted by Gasteiger charge is 2.06. The SMILES string of the molecule is Nc1cc(-c2cccnc2)nc(-c2ccccc2)n1. The highest BCUT2D eigenvalue weighted by molar-refractivity contribution is 5.66. The van der Waals surface area contributed by atoms with Crippen molar-refractivity contribution in [1.82, 2.24) is 15.0 Å². The topological polar surface area (TPSA) is 64.7 Å². The van der Waals surface area contributed by atoms with Crippen molar-refractivity contribution in [2.75, 3.05) is 5.73 Å². The van der Waals surface area contributed by atoms with E-state index in [9.17, 15) is 0 Å². The van der Waals surface area contributed by atoms with Crippen molar-refractivity contribution in [3.8, 4) is 22.6 Å². The van der Waals surface area contributed by atoms with Crippen LogP contribution in [-0.2, 0) is 0 Å². The summed E-state index contributed by atoms with van der Waals surface area (Å²) < 4.78 is 0. The second-order valence-corrected chi connectivity index (χ2v) is 4.11. The maximum absolute atomic E-state index is 5.86. The van der Waals surface area contributed by atoms with Crippen LogP contribution < -0.4 is 5.73 Å². The molecule has 2 heterocycles. The molecule has 0 radical (unpaired) electrons. The molecular weight excluding hydrogens is 236 g/mol.